The first kappa shape index (κ1) is 11.3. The predicted molar refractivity (Wildman–Crippen MR) is 69.7 cm³/mol. The molecule has 3 rings (SSSR count). The standard InChI is InChI=1S/C14H9N3O2/c18-14(19)11-3-4-17-13-2-1-9(5-12(11)13)10-6-15-8-16-7-10/h1-8H,(H,18,19). The summed E-state index contributed by atoms with van der Waals surface area (Å²) in [6.07, 6.45) is 6.32. The van der Waals surface area contributed by atoms with E-state index >= 15 is 0 Å². The van der Waals surface area contributed by atoms with Crippen molar-refractivity contribution in [2.45, 2.75) is 0 Å². The molecule has 0 spiro atoms. The van der Waals surface area contributed by atoms with Crippen molar-refractivity contribution in [3.05, 3.63) is 54.7 Å². The van der Waals surface area contributed by atoms with Gasteiger partial charge in [-0.1, -0.05) is 6.07 Å². The molecular weight excluding hydrogens is 242 g/mol. The molecule has 0 bridgehead atoms. The lowest BCUT2D eigenvalue weighted by Gasteiger charge is -2.05. The van der Waals surface area contributed by atoms with Gasteiger partial charge in [0.05, 0.1) is 11.1 Å². The first-order valence-corrected chi connectivity index (χ1v) is 5.63. The van der Waals surface area contributed by atoms with Gasteiger partial charge in [0.1, 0.15) is 6.33 Å². The lowest BCUT2D eigenvalue weighted by molar-refractivity contribution is 0.0699. The number of hydrogen-bond acceptors (Lipinski definition) is 4. The SMILES string of the molecule is O=C(O)c1ccnc2ccc(-c3cncnc3)cc12. The largest absolute Gasteiger partial charge is 0.478 e. The van der Waals surface area contributed by atoms with Crippen LogP contribution in [0.25, 0.3) is 22.0 Å². The Morgan fingerprint density at radius 2 is 1.84 bits per heavy atom. The van der Waals surface area contributed by atoms with Crippen LogP contribution in [0.2, 0.25) is 0 Å². The number of carbonyl (C=O) groups is 1. The number of carboxylic acid groups (broad SMARTS) is 1. The van der Waals surface area contributed by atoms with E-state index < -0.39 is 5.97 Å². The average Bonchev–Trinajstić information content (AvgIpc) is 2.47. The number of fused-ring (bicyclic) bond motifs is 1. The molecule has 0 radical (unpaired) electrons. The van der Waals surface area contributed by atoms with Crippen LogP contribution in [0.1, 0.15) is 10.4 Å². The summed E-state index contributed by atoms with van der Waals surface area (Å²) >= 11 is 0. The molecule has 0 amide bonds. The zero-order valence-corrected chi connectivity index (χ0v) is 9.82. The van der Waals surface area contributed by atoms with E-state index in [9.17, 15) is 9.90 Å². The van der Waals surface area contributed by atoms with Crippen LogP contribution in [0.4, 0.5) is 0 Å². The molecule has 5 nitrogen and oxygen atoms in total. The second kappa shape index (κ2) is 4.45. The molecule has 1 aromatic carbocycles. The maximum atomic E-state index is 11.2. The molecule has 5 heteroatoms. The van der Waals surface area contributed by atoms with E-state index in [-0.39, 0.29) is 5.56 Å². The third-order valence-electron chi connectivity index (χ3n) is 2.87. The number of nitrogens with zero attached hydrogens (tertiary/aromatic N) is 3. The van der Waals surface area contributed by atoms with Crippen LogP contribution in [0.5, 0.6) is 0 Å². The maximum Gasteiger partial charge on any atom is 0.336 e. The molecule has 0 aliphatic heterocycles. The lowest BCUT2D eigenvalue weighted by atomic mass is 10.0. The molecule has 1 N–H and O–H groups in total. The molecule has 92 valence electrons. The molecule has 0 saturated heterocycles. The highest BCUT2D eigenvalue weighted by atomic mass is 16.4. The van der Waals surface area contributed by atoms with E-state index in [2.05, 4.69) is 15.0 Å². The molecule has 2 aromatic heterocycles. The van der Waals surface area contributed by atoms with Crippen LogP contribution in [0, 0.1) is 0 Å². The van der Waals surface area contributed by atoms with Gasteiger partial charge in [-0.2, -0.15) is 0 Å². The number of benzene rings is 1. The molecule has 2 heterocycles. The third kappa shape index (κ3) is 2.01. The fourth-order valence-corrected chi connectivity index (χ4v) is 1.96. The van der Waals surface area contributed by atoms with E-state index in [1.54, 1.807) is 24.5 Å². The average molecular weight is 251 g/mol. The minimum absolute atomic E-state index is 0.240. The summed E-state index contributed by atoms with van der Waals surface area (Å²) in [5.41, 5.74) is 2.59. The second-order valence-corrected chi connectivity index (χ2v) is 4.02. The van der Waals surface area contributed by atoms with Gasteiger partial charge in [0.15, 0.2) is 0 Å². The van der Waals surface area contributed by atoms with E-state index in [0.29, 0.717) is 10.9 Å². The van der Waals surface area contributed by atoms with Crippen molar-refractivity contribution < 1.29 is 9.90 Å². The van der Waals surface area contributed by atoms with E-state index in [1.165, 1.54) is 18.6 Å². The molecule has 0 saturated carbocycles. The molecule has 19 heavy (non-hydrogen) atoms. The zero-order valence-electron chi connectivity index (χ0n) is 9.82. The van der Waals surface area contributed by atoms with Gasteiger partial charge in [-0.15, -0.1) is 0 Å². The van der Waals surface area contributed by atoms with Crippen LogP contribution in [-0.4, -0.2) is 26.0 Å². The Morgan fingerprint density at radius 1 is 1.05 bits per heavy atom. The van der Waals surface area contributed by atoms with Crippen molar-refractivity contribution in [3.8, 4) is 11.1 Å². The van der Waals surface area contributed by atoms with Gasteiger partial charge in [0, 0.05) is 29.5 Å². The molecule has 0 aliphatic rings. The van der Waals surface area contributed by atoms with Crippen LogP contribution in [0.3, 0.4) is 0 Å². The number of hydrogen-bond donors (Lipinski definition) is 1. The summed E-state index contributed by atoms with van der Waals surface area (Å²) in [5.74, 6) is -0.964. The van der Waals surface area contributed by atoms with E-state index in [1.807, 2.05) is 6.07 Å². The maximum absolute atomic E-state index is 11.2. The smallest absolute Gasteiger partial charge is 0.336 e. The molecular formula is C14H9N3O2. The van der Waals surface area contributed by atoms with Crippen molar-refractivity contribution in [1.29, 1.82) is 0 Å². The minimum Gasteiger partial charge on any atom is -0.478 e. The quantitative estimate of drug-likeness (QED) is 0.756. The van der Waals surface area contributed by atoms with Gasteiger partial charge in [-0.3, -0.25) is 4.98 Å². The molecule has 3 aromatic rings. The van der Waals surface area contributed by atoms with Gasteiger partial charge < -0.3 is 5.11 Å². The number of aromatic nitrogens is 3. The molecule has 0 atom stereocenters. The van der Waals surface area contributed by atoms with Crippen LogP contribution in [0.15, 0.2) is 49.2 Å². The summed E-state index contributed by atoms with van der Waals surface area (Å²) < 4.78 is 0. The van der Waals surface area contributed by atoms with Crippen molar-refractivity contribution >= 4 is 16.9 Å². The Morgan fingerprint density at radius 3 is 2.58 bits per heavy atom. The first-order chi connectivity index (χ1) is 9.25. The summed E-state index contributed by atoms with van der Waals surface area (Å²) in [4.78, 5) is 23.3. The van der Waals surface area contributed by atoms with Crippen molar-refractivity contribution in [3.63, 3.8) is 0 Å². The second-order valence-electron chi connectivity index (χ2n) is 4.02. The lowest BCUT2D eigenvalue weighted by Crippen LogP contribution is -1.98. The van der Waals surface area contributed by atoms with Gasteiger partial charge in [-0.25, -0.2) is 14.8 Å². The monoisotopic (exact) mass is 251 g/mol. The third-order valence-corrected chi connectivity index (χ3v) is 2.87. The highest BCUT2D eigenvalue weighted by molar-refractivity contribution is 6.03. The summed E-state index contributed by atoms with van der Waals surface area (Å²) in [6, 6.07) is 6.96. The Bertz CT molecular complexity index is 757. The number of rotatable bonds is 2. The van der Waals surface area contributed by atoms with Gasteiger partial charge in [0.25, 0.3) is 0 Å². The molecule has 0 fully saturated rings. The highest BCUT2D eigenvalue weighted by Gasteiger charge is 2.10. The summed E-state index contributed by atoms with van der Waals surface area (Å²) in [6.45, 7) is 0. The Balaban J connectivity index is 2.25. The van der Waals surface area contributed by atoms with Crippen LogP contribution >= 0.6 is 0 Å². The topological polar surface area (TPSA) is 76.0 Å². The number of aromatic carboxylic acids is 1. The Hall–Kier alpha value is -2.82. The van der Waals surface area contributed by atoms with Crippen LogP contribution in [-0.2, 0) is 0 Å². The van der Waals surface area contributed by atoms with Gasteiger partial charge in [0.2, 0.25) is 0 Å². The van der Waals surface area contributed by atoms with E-state index in [0.717, 1.165) is 11.1 Å². The van der Waals surface area contributed by atoms with Gasteiger partial charge in [-0.05, 0) is 23.8 Å². The minimum atomic E-state index is -0.964. The number of carboxylic acids is 1. The summed E-state index contributed by atoms with van der Waals surface area (Å²) in [7, 11) is 0. The highest BCUT2D eigenvalue weighted by Crippen LogP contribution is 2.24. The predicted octanol–water partition coefficient (Wildman–Crippen LogP) is 2.39. The van der Waals surface area contributed by atoms with Crippen molar-refractivity contribution in [2.24, 2.45) is 0 Å². The first-order valence-electron chi connectivity index (χ1n) is 5.63. The van der Waals surface area contributed by atoms with Crippen molar-refractivity contribution in [2.75, 3.05) is 0 Å². The Kier molecular flexibility index (Phi) is 2.64. The Labute approximate surface area is 108 Å². The fraction of sp³-hybridized carbons (Fsp3) is 0. The zero-order chi connectivity index (χ0) is 13.2. The van der Waals surface area contributed by atoms with Crippen LogP contribution < -0.4 is 0 Å². The van der Waals surface area contributed by atoms with Crippen molar-refractivity contribution in [1.82, 2.24) is 15.0 Å². The van der Waals surface area contributed by atoms with E-state index in [4.69, 9.17) is 0 Å². The fourth-order valence-electron chi connectivity index (χ4n) is 1.96. The normalized spacial score (nSPS) is 10.5. The molecule has 0 aliphatic carbocycles. The summed E-state index contributed by atoms with van der Waals surface area (Å²) in [5, 5.41) is 9.80. The molecule has 0 unspecified atom stereocenters. The van der Waals surface area contributed by atoms with Gasteiger partial charge >= 0.3 is 5.97 Å². The number of pyridine rings is 1.